The second kappa shape index (κ2) is 7.17. The molecule has 23 heavy (non-hydrogen) atoms. The van der Waals surface area contributed by atoms with Crippen LogP contribution in [0.1, 0.15) is 24.8 Å². The van der Waals surface area contributed by atoms with E-state index in [0.29, 0.717) is 5.69 Å². The van der Waals surface area contributed by atoms with Crippen molar-refractivity contribution in [3.63, 3.8) is 0 Å². The fourth-order valence-electron chi connectivity index (χ4n) is 2.13. The van der Waals surface area contributed by atoms with E-state index in [2.05, 4.69) is 10.1 Å². The number of carbonyl (C=O) groups is 1. The minimum Gasteiger partial charge on any atom is -0.406 e. The molecule has 122 valence electrons. The first-order valence-electron chi connectivity index (χ1n) is 7.04. The molecule has 3 nitrogen and oxygen atoms in total. The minimum absolute atomic E-state index is 0.0454. The number of amides is 1. The zero-order chi connectivity index (χ0) is 16.9. The van der Waals surface area contributed by atoms with Crippen LogP contribution in [0.15, 0.2) is 54.6 Å². The van der Waals surface area contributed by atoms with Crippen LogP contribution < -0.4 is 10.1 Å². The molecule has 0 saturated carbocycles. The van der Waals surface area contributed by atoms with E-state index in [0.717, 1.165) is 17.7 Å². The van der Waals surface area contributed by atoms with Gasteiger partial charge < -0.3 is 10.1 Å². The monoisotopic (exact) mass is 323 g/mol. The molecule has 0 aliphatic carbocycles. The first kappa shape index (κ1) is 16.9. The van der Waals surface area contributed by atoms with Gasteiger partial charge in [-0.3, -0.25) is 4.79 Å². The Morgan fingerprint density at radius 1 is 1.09 bits per heavy atom. The summed E-state index contributed by atoms with van der Waals surface area (Å²) in [5.74, 6) is -0.483. The Hall–Kier alpha value is -2.50. The van der Waals surface area contributed by atoms with Gasteiger partial charge in [-0.15, -0.1) is 13.2 Å². The Labute approximate surface area is 132 Å². The molecule has 0 fully saturated rings. The highest BCUT2D eigenvalue weighted by Gasteiger charge is 2.30. The van der Waals surface area contributed by atoms with Gasteiger partial charge in [-0.05, 0) is 35.7 Å². The second-order valence-electron chi connectivity index (χ2n) is 5.14. The van der Waals surface area contributed by atoms with Crippen LogP contribution >= 0.6 is 0 Å². The number of hydrogen-bond donors (Lipinski definition) is 1. The van der Waals surface area contributed by atoms with E-state index in [1.165, 1.54) is 12.1 Å². The topological polar surface area (TPSA) is 38.3 Å². The van der Waals surface area contributed by atoms with E-state index in [4.69, 9.17) is 0 Å². The van der Waals surface area contributed by atoms with Crippen molar-refractivity contribution >= 4 is 11.6 Å². The highest BCUT2D eigenvalue weighted by molar-refractivity contribution is 5.91. The number of benzene rings is 2. The van der Waals surface area contributed by atoms with Crippen LogP contribution in [0, 0.1) is 0 Å². The molecule has 2 aromatic rings. The van der Waals surface area contributed by atoms with Crippen molar-refractivity contribution in [3.05, 3.63) is 60.2 Å². The molecule has 1 atom stereocenters. The van der Waals surface area contributed by atoms with E-state index in [1.807, 2.05) is 37.3 Å². The maximum atomic E-state index is 12.1. The Balaban J connectivity index is 1.90. The lowest BCUT2D eigenvalue weighted by Gasteiger charge is -2.13. The average molecular weight is 323 g/mol. The van der Waals surface area contributed by atoms with Gasteiger partial charge >= 0.3 is 6.36 Å². The summed E-state index contributed by atoms with van der Waals surface area (Å²) >= 11 is 0. The van der Waals surface area contributed by atoms with Crippen LogP contribution in [0.2, 0.25) is 0 Å². The number of anilines is 1. The smallest absolute Gasteiger partial charge is 0.406 e. The lowest BCUT2D eigenvalue weighted by atomic mass is 9.97. The average Bonchev–Trinajstić information content (AvgIpc) is 2.48. The quantitative estimate of drug-likeness (QED) is 0.865. The van der Waals surface area contributed by atoms with Crippen LogP contribution in [0.4, 0.5) is 18.9 Å². The van der Waals surface area contributed by atoms with Crippen molar-refractivity contribution in [1.29, 1.82) is 0 Å². The van der Waals surface area contributed by atoms with Crippen molar-refractivity contribution < 1.29 is 22.7 Å². The third-order valence-electron chi connectivity index (χ3n) is 3.23. The van der Waals surface area contributed by atoms with Crippen molar-refractivity contribution in [2.24, 2.45) is 0 Å². The molecule has 1 amide bonds. The fraction of sp³-hybridized carbons (Fsp3) is 0.235. The van der Waals surface area contributed by atoms with Crippen LogP contribution in [0.5, 0.6) is 5.75 Å². The molecule has 2 aromatic carbocycles. The molecule has 2 rings (SSSR count). The zero-order valence-electron chi connectivity index (χ0n) is 12.4. The summed E-state index contributed by atoms with van der Waals surface area (Å²) in [6.07, 6.45) is -4.44. The summed E-state index contributed by atoms with van der Waals surface area (Å²) < 4.78 is 40.0. The second-order valence-corrected chi connectivity index (χ2v) is 5.14. The zero-order valence-corrected chi connectivity index (χ0v) is 12.4. The van der Waals surface area contributed by atoms with Gasteiger partial charge in [-0.25, -0.2) is 0 Å². The van der Waals surface area contributed by atoms with Gasteiger partial charge in [0.1, 0.15) is 5.75 Å². The number of nitrogens with one attached hydrogen (secondary N) is 1. The number of halogens is 3. The number of rotatable bonds is 5. The maximum Gasteiger partial charge on any atom is 0.573 e. The Morgan fingerprint density at radius 2 is 1.70 bits per heavy atom. The Morgan fingerprint density at radius 3 is 2.26 bits per heavy atom. The van der Waals surface area contributed by atoms with Gasteiger partial charge in [0, 0.05) is 12.1 Å². The summed E-state index contributed by atoms with van der Waals surface area (Å²) in [5, 5.41) is 2.66. The standard InChI is InChI=1S/C17H16F3NO2/c1-12(13-5-3-2-4-6-13)11-16(22)21-14-7-9-15(10-8-14)23-17(18,19)20/h2-10,12H,11H2,1H3,(H,21,22). The Kier molecular flexibility index (Phi) is 5.26. The summed E-state index contributed by atoms with van der Waals surface area (Å²) in [6.45, 7) is 1.94. The molecule has 1 N–H and O–H groups in total. The first-order chi connectivity index (χ1) is 10.8. The van der Waals surface area contributed by atoms with Gasteiger partial charge in [-0.2, -0.15) is 0 Å². The molecule has 0 radical (unpaired) electrons. The van der Waals surface area contributed by atoms with Crippen LogP contribution in [-0.4, -0.2) is 12.3 Å². The van der Waals surface area contributed by atoms with Crippen LogP contribution in [0.3, 0.4) is 0 Å². The number of carbonyl (C=O) groups excluding carboxylic acids is 1. The minimum atomic E-state index is -4.73. The molecular weight excluding hydrogens is 307 g/mol. The summed E-state index contributed by atoms with van der Waals surface area (Å²) in [6, 6.07) is 14.7. The molecule has 6 heteroatoms. The Bertz CT molecular complexity index is 639. The summed E-state index contributed by atoms with van der Waals surface area (Å²) in [4.78, 5) is 12.0. The lowest BCUT2D eigenvalue weighted by molar-refractivity contribution is -0.274. The molecule has 0 aliphatic heterocycles. The highest BCUT2D eigenvalue weighted by Crippen LogP contribution is 2.24. The summed E-state index contributed by atoms with van der Waals surface area (Å²) in [7, 11) is 0. The molecule has 0 aliphatic rings. The van der Waals surface area contributed by atoms with Gasteiger partial charge in [0.2, 0.25) is 5.91 Å². The largest absolute Gasteiger partial charge is 0.573 e. The summed E-state index contributed by atoms with van der Waals surface area (Å²) in [5.41, 5.74) is 1.47. The molecule has 0 spiro atoms. The predicted molar refractivity (Wildman–Crippen MR) is 81.2 cm³/mol. The van der Waals surface area contributed by atoms with E-state index in [1.54, 1.807) is 0 Å². The molecule has 0 heterocycles. The van der Waals surface area contributed by atoms with Crippen LogP contribution in [0.25, 0.3) is 0 Å². The van der Waals surface area contributed by atoms with E-state index < -0.39 is 6.36 Å². The molecule has 0 bridgehead atoms. The van der Waals surface area contributed by atoms with E-state index in [-0.39, 0.29) is 24.0 Å². The number of hydrogen-bond acceptors (Lipinski definition) is 2. The molecule has 0 aromatic heterocycles. The van der Waals surface area contributed by atoms with Gasteiger partial charge in [0.15, 0.2) is 0 Å². The van der Waals surface area contributed by atoms with E-state index >= 15 is 0 Å². The van der Waals surface area contributed by atoms with Gasteiger partial charge in [-0.1, -0.05) is 37.3 Å². The molecule has 1 unspecified atom stereocenters. The van der Waals surface area contributed by atoms with Crippen molar-refractivity contribution in [2.45, 2.75) is 25.6 Å². The lowest BCUT2D eigenvalue weighted by Crippen LogP contribution is -2.17. The first-order valence-corrected chi connectivity index (χ1v) is 7.04. The molecule has 0 saturated heterocycles. The van der Waals surface area contributed by atoms with Crippen molar-refractivity contribution in [2.75, 3.05) is 5.32 Å². The van der Waals surface area contributed by atoms with Crippen LogP contribution in [-0.2, 0) is 4.79 Å². The third-order valence-corrected chi connectivity index (χ3v) is 3.23. The van der Waals surface area contributed by atoms with Crippen molar-refractivity contribution in [1.82, 2.24) is 0 Å². The molecular formula is C17H16F3NO2. The normalized spacial score (nSPS) is 12.5. The van der Waals surface area contributed by atoms with Crippen molar-refractivity contribution in [3.8, 4) is 5.75 Å². The van der Waals surface area contributed by atoms with Gasteiger partial charge in [0.05, 0.1) is 0 Å². The highest BCUT2D eigenvalue weighted by atomic mass is 19.4. The predicted octanol–water partition coefficient (Wildman–Crippen LogP) is 4.72. The van der Waals surface area contributed by atoms with Gasteiger partial charge in [0.25, 0.3) is 0 Å². The maximum absolute atomic E-state index is 12.1. The third kappa shape index (κ3) is 5.65. The number of ether oxygens (including phenoxy) is 1. The SMILES string of the molecule is CC(CC(=O)Nc1ccc(OC(F)(F)F)cc1)c1ccccc1. The fourth-order valence-corrected chi connectivity index (χ4v) is 2.13. The van der Waals surface area contributed by atoms with E-state index in [9.17, 15) is 18.0 Å². The number of alkyl halides is 3.